The first-order chi connectivity index (χ1) is 15.4. The summed E-state index contributed by atoms with van der Waals surface area (Å²) in [5, 5.41) is 9.18. The number of aliphatic carboxylic acids is 1. The van der Waals surface area contributed by atoms with E-state index in [4.69, 9.17) is 4.74 Å². The van der Waals surface area contributed by atoms with Crippen LogP contribution in [0.1, 0.15) is 144 Å². The summed E-state index contributed by atoms with van der Waals surface area (Å²) < 4.78 is 5.93. The zero-order chi connectivity index (χ0) is 24.2. The molecule has 4 nitrogen and oxygen atoms in total. The zero-order valence-electron chi connectivity index (χ0n) is 22.1. The standard InChI is InChI=1S/C28H54O4/c1-6-9-12-13-14-15-16-17-23-32-27(31)28(22-18-21-26(29)30,24(4)19-10-7-2)25(5)20-11-8-3/h24-25H,6-23H2,1-5H3,(H,29,30). The first-order valence-corrected chi connectivity index (χ1v) is 13.8. The van der Waals surface area contributed by atoms with Gasteiger partial charge in [-0.15, -0.1) is 0 Å². The lowest BCUT2D eigenvalue weighted by Gasteiger charge is -2.42. The first kappa shape index (κ1) is 30.9. The highest BCUT2D eigenvalue weighted by atomic mass is 16.5. The Kier molecular flexibility index (Phi) is 18.8. The van der Waals surface area contributed by atoms with Crippen LogP contribution >= 0.6 is 0 Å². The molecule has 0 aromatic carbocycles. The highest BCUT2D eigenvalue weighted by Crippen LogP contribution is 2.46. The van der Waals surface area contributed by atoms with Crippen molar-refractivity contribution in [2.24, 2.45) is 17.3 Å². The number of hydrogen-bond donors (Lipinski definition) is 1. The number of ether oxygens (including phenoxy) is 1. The lowest BCUT2D eigenvalue weighted by molar-refractivity contribution is -0.166. The molecule has 0 aliphatic carbocycles. The summed E-state index contributed by atoms with van der Waals surface area (Å²) in [4.78, 5) is 24.8. The Morgan fingerprint density at radius 2 is 1.19 bits per heavy atom. The Bertz CT molecular complexity index is 460. The molecule has 0 aliphatic rings. The molecule has 2 unspecified atom stereocenters. The van der Waals surface area contributed by atoms with Crippen molar-refractivity contribution >= 4 is 11.9 Å². The van der Waals surface area contributed by atoms with Crippen LogP contribution in [0.4, 0.5) is 0 Å². The van der Waals surface area contributed by atoms with Crippen molar-refractivity contribution in [1.82, 2.24) is 0 Å². The highest BCUT2D eigenvalue weighted by Gasteiger charge is 2.48. The molecule has 4 heteroatoms. The van der Waals surface area contributed by atoms with Crippen LogP contribution in [0.15, 0.2) is 0 Å². The smallest absolute Gasteiger partial charge is 0.312 e. The maximum absolute atomic E-state index is 13.6. The highest BCUT2D eigenvalue weighted by molar-refractivity contribution is 5.78. The van der Waals surface area contributed by atoms with Crippen LogP contribution in [0.5, 0.6) is 0 Å². The molecule has 2 atom stereocenters. The van der Waals surface area contributed by atoms with Crippen LogP contribution < -0.4 is 0 Å². The second-order valence-corrected chi connectivity index (χ2v) is 9.99. The number of carboxylic acids is 1. The predicted octanol–water partition coefficient (Wildman–Crippen LogP) is 8.56. The van der Waals surface area contributed by atoms with Gasteiger partial charge in [-0.2, -0.15) is 0 Å². The molecule has 0 spiro atoms. The van der Waals surface area contributed by atoms with Crippen molar-refractivity contribution in [3.8, 4) is 0 Å². The molecular formula is C28H54O4. The zero-order valence-corrected chi connectivity index (χ0v) is 22.1. The van der Waals surface area contributed by atoms with E-state index in [0.717, 1.165) is 51.4 Å². The molecule has 32 heavy (non-hydrogen) atoms. The van der Waals surface area contributed by atoms with Gasteiger partial charge in [-0.25, -0.2) is 0 Å². The molecule has 0 heterocycles. The second kappa shape index (κ2) is 19.4. The van der Waals surface area contributed by atoms with Gasteiger partial charge in [-0.1, -0.05) is 105 Å². The minimum atomic E-state index is -0.784. The van der Waals surface area contributed by atoms with E-state index in [1.807, 2.05) is 0 Å². The maximum atomic E-state index is 13.6. The van der Waals surface area contributed by atoms with E-state index < -0.39 is 11.4 Å². The van der Waals surface area contributed by atoms with Gasteiger partial charge in [-0.05, 0) is 43.9 Å². The van der Waals surface area contributed by atoms with E-state index in [-0.39, 0.29) is 24.2 Å². The Morgan fingerprint density at radius 1 is 0.719 bits per heavy atom. The van der Waals surface area contributed by atoms with Crippen LogP contribution in [-0.4, -0.2) is 23.7 Å². The topological polar surface area (TPSA) is 63.6 Å². The van der Waals surface area contributed by atoms with Crippen molar-refractivity contribution in [3.63, 3.8) is 0 Å². The maximum Gasteiger partial charge on any atom is 0.312 e. The van der Waals surface area contributed by atoms with Gasteiger partial charge in [0.1, 0.15) is 0 Å². The summed E-state index contributed by atoms with van der Waals surface area (Å²) in [5.74, 6) is -0.449. The third-order valence-corrected chi connectivity index (χ3v) is 7.33. The van der Waals surface area contributed by atoms with Crippen LogP contribution in [0.3, 0.4) is 0 Å². The first-order valence-electron chi connectivity index (χ1n) is 13.8. The van der Waals surface area contributed by atoms with Crippen LogP contribution in [-0.2, 0) is 14.3 Å². The Labute approximate surface area is 199 Å². The molecule has 0 saturated carbocycles. The van der Waals surface area contributed by atoms with Gasteiger partial charge < -0.3 is 9.84 Å². The number of carbonyl (C=O) groups excluding carboxylic acids is 1. The monoisotopic (exact) mass is 454 g/mol. The van der Waals surface area contributed by atoms with Gasteiger partial charge in [0.15, 0.2) is 0 Å². The second-order valence-electron chi connectivity index (χ2n) is 9.99. The minimum Gasteiger partial charge on any atom is -0.481 e. The van der Waals surface area contributed by atoms with E-state index in [1.54, 1.807) is 0 Å². The van der Waals surface area contributed by atoms with E-state index in [0.29, 0.717) is 19.4 Å². The molecule has 0 aliphatic heterocycles. The number of rotatable bonds is 22. The molecule has 190 valence electrons. The molecule has 0 aromatic rings. The number of unbranched alkanes of at least 4 members (excludes halogenated alkanes) is 9. The predicted molar refractivity (Wildman–Crippen MR) is 135 cm³/mol. The van der Waals surface area contributed by atoms with Gasteiger partial charge in [0.2, 0.25) is 0 Å². The lowest BCUT2D eigenvalue weighted by atomic mass is 9.62. The summed E-state index contributed by atoms with van der Waals surface area (Å²) in [5.41, 5.74) is -0.570. The third-order valence-electron chi connectivity index (χ3n) is 7.33. The quantitative estimate of drug-likeness (QED) is 0.131. The molecule has 0 radical (unpaired) electrons. The minimum absolute atomic E-state index is 0.0713. The Balaban J connectivity index is 5.08. The number of esters is 1. The Morgan fingerprint density at radius 3 is 1.66 bits per heavy atom. The van der Waals surface area contributed by atoms with E-state index in [9.17, 15) is 14.7 Å². The summed E-state index contributed by atoms with van der Waals surface area (Å²) >= 11 is 0. The van der Waals surface area contributed by atoms with Gasteiger partial charge in [0.25, 0.3) is 0 Å². The largest absolute Gasteiger partial charge is 0.481 e. The van der Waals surface area contributed by atoms with Crippen molar-refractivity contribution < 1.29 is 19.4 Å². The van der Waals surface area contributed by atoms with Crippen molar-refractivity contribution in [1.29, 1.82) is 0 Å². The average molecular weight is 455 g/mol. The fourth-order valence-corrected chi connectivity index (χ4v) is 5.09. The summed E-state index contributed by atoms with van der Waals surface area (Å²) in [6.45, 7) is 11.5. The molecule has 0 bridgehead atoms. The molecule has 0 fully saturated rings. The van der Waals surface area contributed by atoms with Crippen LogP contribution in [0.25, 0.3) is 0 Å². The molecule has 0 saturated heterocycles. The van der Waals surface area contributed by atoms with Crippen LogP contribution in [0, 0.1) is 17.3 Å². The number of carboxylic acid groups (broad SMARTS) is 1. The van der Waals surface area contributed by atoms with Crippen molar-refractivity contribution in [3.05, 3.63) is 0 Å². The molecular weight excluding hydrogens is 400 g/mol. The third kappa shape index (κ3) is 12.3. The molecule has 0 amide bonds. The number of hydrogen-bond acceptors (Lipinski definition) is 3. The SMILES string of the molecule is CCCCCCCCCCOC(=O)C(CCCC(=O)O)(C(C)CCCC)C(C)CCCC. The average Bonchev–Trinajstić information content (AvgIpc) is 2.77. The molecule has 1 N–H and O–H groups in total. The van der Waals surface area contributed by atoms with E-state index in [1.165, 1.54) is 38.5 Å². The van der Waals surface area contributed by atoms with Crippen molar-refractivity contribution in [2.45, 2.75) is 144 Å². The van der Waals surface area contributed by atoms with Crippen LogP contribution in [0.2, 0.25) is 0 Å². The van der Waals surface area contributed by atoms with E-state index in [2.05, 4.69) is 34.6 Å². The Hall–Kier alpha value is -1.06. The summed E-state index contributed by atoms with van der Waals surface area (Å²) in [6.07, 6.45) is 17.4. The lowest BCUT2D eigenvalue weighted by Crippen LogP contribution is -2.45. The fraction of sp³-hybridized carbons (Fsp3) is 0.929. The normalized spacial score (nSPS) is 15.2. The van der Waals surface area contributed by atoms with Gasteiger partial charge >= 0.3 is 11.9 Å². The van der Waals surface area contributed by atoms with Gasteiger partial charge in [0, 0.05) is 6.42 Å². The fourth-order valence-electron chi connectivity index (χ4n) is 5.09. The van der Waals surface area contributed by atoms with E-state index >= 15 is 0 Å². The van der Waals surface area contributed by atoms with Gasteiger partial charge in [-0.3, -0.25) is 9.59 Å². The molecule has 0 aromatic heterocycles. The van der Waals surface area contributed by atoms with Crippen molar-refractivity contribution in [2.75, 3.05) is 6.61 Å². The summed E-state index contributed by atoms with van der Waals surface area (Å²) in [6, 6.07) is 0. The van der Waals surface area contributed by atoms with Gasteiger partial charge in [0.05, 0.1) is 12.0 Å². The summed E-state index contributed by atoms with van der Waals surface area (Å²) in [7, 11) is 0. The molecule has 0 rings (SSSR count). The number of carbonyl (C=O) groups is 2.